The molecule has 0 saturated heterocycles. The van der Waals surface area contributed by atoms with E-state index < -0.39 is 0 Å². The van der Waals surface area contributed by atoms with Crippen molar-refractivity contribution in [2.75, 3.05) is 0 Å². The number of ketones is 2. The van der Waals surface area contributed by atoms with Crippen molar-refractivity contribution in [3.63, 3.8) is 0 Å². The lowest BCUT2D eigenvalue weighted by Gasteiger charge is -2.27. The molecule has 2 aliphatic rings. The molecule has 0 bridgehead atoms. The molecule has 2 fully saturated rings. The van der Waals surface area contributed by atoms with Crippen LogP contribution in [0.25, 0.3) is 0 Å². The molecule has 2 rings (SSSR count). The third kappa shape index (κ3) is 1.82. The van der Waals surface area contributed by atoms with Crippen LogP contribution >= 0.6 is 0 Å². The van der Waals surface area contributed by atoms with Crippen molar-refractivity contribution < 1.29 is 9.59 Å². The van der Waals surface area contributed by atoms with Gasteiger partial charge in [-0.2, -0.15) is 0 Å². The van der Waals surface area contributed by atoms with Gasteiger partial charge in [0.15, 0.2) is 0 Å². The number of hydrogen-bond acceptors (Lipinski definition) is 2. The summed E-state index contributed by atoms with van der Waals surface area (Å²) in [6.45, 7) is 0. The van der Waals surface area contributed by atoms with E-state index in [4.69, 9.17) is 0 Å². The maximum absolute atomic E-state index is 11.5. The van der Waals surface area contributed by atoms with E-state index in [0.29, 0.717) is 0 Å². The van der Waals surface area contributed by atoms with Crippen molar-refractivity contribution in [2.45, 2.75) is 44.9 Å². The lowest BCUT2D eigenvalue weighted by molar-refractivity contribution is -0.133. The summed E-state index contributed by atoms with van der Waals surface area (Å²) < 4.78 is 0. The van der Waals surface area contributed by atoms with Crippen LogP contribution in [0.3, 0.4) is 0 Å². The Morgan fingerprint density at radius 3 is 1.46 bits per heavy atom. The fourth-order valence-electron chi connectivity index (χ4n) is 1.92. The Labute approximate surface area is 78.7 Å². The highest BCUT2D eigenvalue weighted by Crippen LogP contribution is 2.31. The summed E-state index contributed by atoms with van der Waals surface area (Å²) in [6.07, 6.45) is 6.68. The molecule has 0 spiro atoms. The van der Waals surface area contributed by atoms with E-state index in [0.717, 1.165) is 25.7 Å². The molecule has 0 unspecified atom stereocenters. The Morgan fingerprint density at radius 1 is 0.846 bits per heavy atom. The Balaban J connectivity index is 1.75. The SMILES string of the molecule is O=C(CC(=O)C1CCC1)C1CCC1. The molecule has 0 heterocycles. The van der Waals surface area contributed by atoms with Crippen LogP contribution in [0.5, 0.6) is 0 Å². The van der Waals surface area contributed by atoms with Crippen molar-refractivity contribution in [3.8, 4) is 0 Å². The zero-order valence-corrected chi connectivity index (χ0v) is 7.92. The minimum atomic E-state index is 0.211. The maximum Gasteiger partial charge on any atom is 0.143 e. The molecule has 0 aromatic heterocycles. The van der Waals surface area contributed by atoms with E-state index in [9.17, 15) is 9.59 Å². The van der Waals surface area contributed by atoms with Crippen LogP contribution < -0.4 is 0 Å². The molecule has 2 saturated carbocycles. The third-order valence-corrected chi connectivity index (χ3v) is 3.47. The molecular formula is C11H16O2. The van der Waals surface area contributed by atoms with E-state index in [-0.39, 0.29) is 29.8 Å². The van der Waals surface area contributed by atoms with Gasteiger partial charge in [0, 0.05) is 11.8 Å². The number of carbonyl (C=O) groups excluding carboxylic acids is 2. The first-order valence-corrected chi connectivity index (χ1v) is 5.33. The molecule has 0 aliphatic heterocycles. The summed E-state index contributed by atoms with van der Waals surface area (Å²) in [4.78, 5) is 22.9. The van der Waals surface area contributed by atoms with E-state index in [1.165, 1.54) is 12.8 Å². The van der Waals surface area contributed by atoms with E-state index in [2.05, 4.69) is 0 Å². The third-order valence-electron chi connectivity index (χ3n) is 3.47. The number of rotatable bonds is 4. The number of carbonyl (C=O) groups is 2. The van der Waals surface area contributed by atoms with Crippen LogP contribution in [0.2, 0.25) is 0 Å². The van der Waals surface area contributed by atoms with E-state index >= 15 is 0 Å². The average Bonchev–Trinajstić information content (AvgIpc) is 1.76. The molecule has 0 atom stereocenters. The zero-order chi connectivity index (χ0) is 9.26. The topological polar surface area (TPSA) is 34.1 Å². The van der Waals surface area contributed by atoms with Gasteiger partial charge in [-0.3, -0.25) is 9.59 Å². The smallest absolute Gasteiger partial charge is 0.143 e. The lowest BCUT2D eigenvalue weighted by atomic mass is 9.76. The second-order valence-electron chi connectivity index (χ2n) is 4.37. The van der Waals surface area contributed by atoms with Gasteiger partial charge in [-0.1, -0.05) is 12.8 Å². The van der Waals surface area contributed by atoms with Gasteiger partial charge in [-0.25, -0.2) is 0 Å². The predicted molar refractivity (Wildman–Crippen MR) is 49.3 cm³/mol. The van der Waals surface area contributed by atoms with Gasteiger partial charge < -0.3 is 0 Å². The van der Waals surface area contributed by atoms with Gasteiger partial charge in [0.25, 0.3) is 0 Å². The summed E-state index contributed by atoms with van der Waals surface area (Å²) >= 11 is 0. The van der Waals surface area contributed by atoms with Crippen molar-refractivity contribution in [1.82, 2.24) is 0 Å². The van der Waals surface area contributed by atoms with Crippen molar-refractivity contribution in [3.05, 3.63) is 0 Å². The fraction of sp³-hybridized carbons (Fsp3) is 0.818. The van der Waals surface area contributed by atoms with Crippen LogP contribution in [0, 0.1) is 11.8 Å². The van der Waals surface area contributed by atoms with Crippen LogP contribution in [0.4, 0.5) is 0 Å². The van der Waals surface area contributed by atoms with Gasteiger partial charge in [-0.05, 0) is 25.7 Å². The van der Waals surface area contributed by atoms with Crippen LogP contribution in [-0.4, -0.2) is 11.6 Å². The fourth-order valence-corrected chi connectivity index (χ4v) is 1.92. The largest absolute Gasteiger partial charge is 0.299 e. The number of Topliss-reactive ketones (excluding diaryl/α,β-unsaturated/α-hetero) is 2. The summed E-state index contributed by atoms with van der Waals surface area (Å²) in [6, 6.07) is 0. The molecular weight excluding hydrogens is 164 g/mol. The van der Waals surface area contributed by atoms with Gasteiger partial charge >= 0.3 is 0 Å². The van der Waals surface area contributed by atoms with Crippen molar-refractivity contribution in [1.29, 1.82) is 0 Å². The highest BCUT2D eigenvalue weighted by molar-refractivity contribution is 6.01. The first kappa shape index (κ1) is 8.92. The van der Waals surface area contributed by atoms with Crippen LogP contribution in [-0.2, 0) is 9.59 Å². The maximum atomic E-state index is 11.5. The second-order valence-corrected chi connectivity index (χ2v) is 4.37. The Morgan fingerprint density at radius 2 is 1.23 bits per heavy atom. The van der Waals surface area contributed by atoms with E-state index in [1.54, 1.807) is 0 Å². The summed E-state index contributed by atoms with van der Waals surface area (Å²) in [5.41, 5.74) is 0. The van der Waals surface area contributed by atoms with Gasteiger partial charge in [0.05, 0.1) is 6.42 Å². The molecule has 2 aliphatic carbocycles. The first-order valence-electron chi connectivity index (χ1n) is 5.33. The Kier molecular flexibility index (Phi) is 2.47. The minimum absolute atomic E-state index is 0.211. The standard InChI is InChI=1S/C11H16O2/c12-10(8-3-1-4-8)7-11(13)9-5-2-6-9/h8-9H,1-7H2. The summed E-state index contributed by atoms with van der Waals surface area (Å²) in [7, 11) is 0. The molecule has 0 N–H and O–H groups in total. The summed E-state index contributed by atoms with van der Waals surface area (Å²) in [5, 5.41) is 0. The van der Waals surface area contributed by atoms with Crippen molar-refractivity contribution >= 4 is 11.6 Å². The lowest BCUT2D eigenvalue weighted by Crippen LogP contribution is -2.29. The first-order chi connectivity index (χ1) is 6.27. The van der Waals surface area contributed by atoms with Gasteiger partial charge in [0.1, 0.15) is 11.6 Å². The Bertz CT molecular complexity index is 200. The minimum Gasteiger partial charge on any atom is -0.299 e. The zero-order valence-electron chi connectivity index (χ0n) is 7.92. The molecule has 0 aromatic carbocycles. The second kappa shape index (κ2) is 3.60. The Hall–Kier alpha value is -0.660. The molecule has 0 radical (unpaired) electrons. The molecule has 72 valence electrons. The van der Waals surface area contributed by atoms with Gasteiger partial charge in [0.2, 0.25) is 0 Å². The van der Waals surface area contributed by atoms with E-state index in [1.807, 2.05) is 0 Å². The van der Waals surface area contributed by atoms with Crippen LogP contribution in [0.1, 0.15) is 44.9 Å². The highest BCUT2D eigenvalue weighted by Gasteiger charge is 2.31. The average molecular weight is 180 g/mol. The molecule has 2 heteroatoms. The number of hydrogen-bond donors (Lipinski definition) is 0. The quantitative estimate of drug-likeness (QED) is 0.621. The monoisotopic (exact) mass is 180 g/mol. The van der Waals surface area contributed by atoms with Gasteiger partial charge in [-0.15, -0.1) is 0 Å². The molecule has 0 amide bonds. The predicted octanol–water partition coefficient (Wildman–Crippen LogP) is 2.11. The molecule has 0 aromatic rings. The molecule has 2 nitrogen and oxygen atoms in total. The highest BCUT2D eigenvalue weighted by atomic mass is 16.1. The van der Waals surface area contributed by atoms with Crippen LogP contribution in [0.15, 0.2) is 0 Å². The summed E-state index contributed by atoms with van der Waals surface area (Å²) in [5.74, 6) is 0.902. The normalized spacial score (nSPS) is 23.4. The van der Waals surface area contributed by atoms with Crippen molar-refractivity contribution in [2.24, 2.45) is 11.8 Å². The molecule has 13 heavy (non-hydrogen) atoms.